The van der Waals surface area contributed by atoms with E-state index in [4.69, 9.17) is 0 Å². The van der Waals surface area contributed by atoms with Crippen LogP contribution in [0.15, 0.2) is 60.9 Å². The first kappa shape index (κ1) is 21.2. The molecule has 1 aromatic heterocycles. The van der Waals surface area contributed by atoms with Gasteiger partial charge in [-0.3, -0.25) is 19.5 Å². The SMILES string of the molecule is O=C(CN1C(=O)NC2(CCC(F)(F)CC2)C1=O)c1ccc(-c2cccc3cnccc23)cc1. The average Bonchev–Trinajstić information content (AvgIpc) is 3.05. The van der Waals surface area contributed by atoms with Crippen LogP contribution >= 0.6 is 0 Å². The van der Waals surface area contributed by atoms with Gasteiger partial charge in [0.1, 0.15) is 5.54 Å². The summed E-state index contributed by atoms with van der Waals surface area (Å²) in [6.07, 6.45) is 2.31. The van der Waals surface area contributed by atoms with E-state index in [0.717, 1.165) is 26.8 Å². The number of urea groups is 1. The predicted molar refractivity (Wildman–Crippen MR) is 118 cm³/mol. The Balaban J connectivity index is 1.32. The highest BCUT2D eigenvalue weighted by atomic mass is 19.3. The van der Waals surface area contributed by atoms with Crippen molar-refractivity contribution in [3.8, 4) is 11.1 Å². The van der Waals surface area contributed by atoms with Crippen molar-refractivity contribution >= 4 is 28.5 Å². The Labute approximate surface area is 188 Å². The number of hydrogen-bond donors (Lipinski definition) is 1. The van der Waals surface area contributed by atoms with E-state index in [1.54, 1.807) is 24.5 Å². The number of halogens is 2. The summed E-state index contributed by atoms with van der Waals surface area (Å²) in [6.45, 7) is -0.428. The molecular formula is C25H21F2N3O3. The second-order valence-corrected chi connectivity index (χ2v) is 8.66. The molecule has 3 amide bonds. The Morgan fingerprint density at radius 1 is 1.00 bits per heavy atom. The largest absolute Gasteiger partial charge is 0.325 e. The van der Waals surface area contributed by atoms with Gasteiger partial charge in [0.2, 0.25) is 5.92 Å². The molecule has 2 fully saturated rings. The third kappa shape index (κ3) is 3.75. The molecule has 1 N–H and O–H groups in total. The third-order valence-corrected chi connectivity index (χ3v) is 6.58. The average molecular weight is 449 g/mol. The number of nitrogens with one attached hydrogen (secondary N) is 1. The maximum absolute atomic E-state index is 13.5. The monoisotopic (exact) mass is 449 g/mol. The van der Waals surface area contributed by atoms with Crippen molar-refractivity contribution in [2.45, 2.75) is 37.1 Å². The summed E-state index contributed by atoms with van der Waals surface area (Å²) >= 11 is 0. The predicted octanol–water partition coefficient (Wildman–Crippen LogP) is 4.58. The molecule has 33 heavy (non-hydrogen) atoms. The van der Waals surface area contributed by atoms with Crippen molar-refractivity contribution in [2.75, 3.05) is 6.54 Å². The van der Waals surface area contributed by atoms with E-state index in [9.17, 15) is 23.2 Å². The van der Waals surface area contributed by atoms with E-state index < -0.39 is 48.6 Å². The fourth-order valence-corrected chi connectivity index (χ4v) is 4.65. The smallest absolute Gasteiger partial charge is 0.323 e. The number of hydrogen-bond acceptors (Lipinski definition) is 4. The van der Waals surface area contributed by atoms with E-state index in [2.05, 4.69) is 10.3 Å². The number of alkyl halides is 2. The maximum Gasteiger partial charge on any atom is 0.325 e. The van der Waals surface area contributed by atoms with Crippen molar-refractivity contribution in [3.05, 3.63) is 66.5 Å². The first-order chi connectivity index (χ1) is 15.8. The zero-order valence-corrected chi connectivity index (χ0v) is 17.7. The fourth-order valence-electron chi connectivity index (χ4n) is 4.65. The number of Topliss-reactive ketones (excluding diaryl/α,β-unsaturated/α-hetero) is 1. The van der Waals surface area contributed by atoms with Gasteiger partial charge in [0.05, 0.1) is 6.54 Å². The van der Waals surface area contributed by atoms with Gasteiger partial charge in [-0.05, 0) is 35.4 Å². The van der Waals surface area contributed by atoms with Crippen molar-refractivity contribution in [3.63, 3.8) is 0 Å². The van der Waals surface area contributed by atoms with Crippen LogP contribution in [0, 0.1) is 0 Å². The minimum absolute atomic E-state index is 0.134. The van der Waals surface area contributed by atoms with Crippen LogP contribution < -0.4 is 5.32 Å². The lowest BCUT2D eigenvalue weighted by Gasteiger charge is -2.34. The number of pyridine rings is 1. The van der Waals surface area contributed by atoms with Gasteiger partial charge in [-0.15, -0.1) is 0 Å². The Hall–Kier alpha value is -3.68. The molecule has 3 aromatic rings. The number of nitrogens with zero attached hydrogens (tertiary/aromatic N) is 2. The molecule has 0 bridgehead atoms. The van der Waals surface area contributed by atoms with Gasteiger partial charge in [-0.2, -0.15) is 0 Å². The molecule has 1 aliphatic heterocycles. The van der Waals surface area contributed by atoms with Crippen molar-refractivity contribution in [2.24, 2.45) is 0 Å². The summed E-state index contributed by atoms with van der Waals surface area (Å²) in [5, 5.41) is 4.60. The lowest BCUT2D eigenvalue weighted by molar-refractivity contribution is -0.135. The number of benzene rings is 2. The second kappa shape index (κ2) is 7.72. The minimum Gasteiger partial charge on any atom is -0.323 e. The summed E-state index contributed by atoms with van der Waals surface area (Å²) in [4.78, 5) is 43.1. The highest BCUT2D eigenvalue weighted by Gasteiger charge is 2.55. The Bertz CT molecular complexity index is 1260. The standard InChI is InChI=1S/C25H21F2N3O3/c26-25(27)11-9-24(10-12-25)22(32)30(23(33)29-24)15-21(31)17-6-4-16(5-7-17)19-3-1-2-18-14-28-13-8-20(18)19/h1-8,13-14H,9-12,15H2,(H,29,33). The van der Waals surface area contributed by atoms with Gasteiger partial charge in [-0.1, -0.05) is 42.5 Å². The lowest BCUT2D eigenvalue weighted by Crippen LogP contribution is -2.51. The highest BCUT2D eigenvalue weighted by molar-refractivity contribution is 6.11. The zero-order chi connectivity index (χ0) is 23.2. The number of aromatic nitrogens is 1. The summed E-state index contributed by atoms with van der Waals surface area (Å²) in [6, 6.07) is 14.1. The molecule has 1 saturated carbocycles. The van der Waals surface area contributed by atoms with Crippen LogP contribution in [0.4, 0.5) is 13.6 Å². The molecule has 1 aliphatic carbocycles. The van der Waals surface area contributed by atoms with E-state index >= 15 is 0 Å². The summed E-state index contributed by atoms with van der Waals surface area (Å²) in [7, 11) is 0. The number of imide groups is 1. The first-order valence-electron chi connectivity index (χ1n) is 10.8. The molecule has 0 radical (unpaired) electrons. The van der Waals surface area contributed by atoms with E-state index in [1.807, 2.05) is 36.4 Å². The maximum atomic E-state index is 13.5. The van der Waals surface area contributed by atoms with Gasteiger partial charge in [0.25, 0.3) is 5.91 Å². The van der Waals surface area contributed by atoms with Crippen LogP contribution in [0.3, 0.4) is 0 Å². The summed E-state index contributed by atoms with van der Waals surface area (Å²) < 4.78 is 27.1. The molecule has 6 nitrogen and oxygen atoms in total. The van der Waals surface area contributed by atoms with Crippen LogP contribution in [0.1, 0.15) is 36.0 Å². The van der Waals surface area contributed by atoms with Crippen molar-refractivity contribution in [1.29, 1.82) is 0 Å². The molecule has 8 heteroatoms. The normalized spacial score (nSPS) is 19.2. The Morgan fingerprint density at radius 2 is 1.73 bits per heavy atom. The molecule has 0 atom stereocenters. The van der Waals surface area contributed by atoms with Gasteiger partial charge < -0.3 is 5.32 Å². The van der Waals surface area contributed by atoms with Crippen molar-refractivity contribution in [1.82, 2.24) is 15.2 Å². The molecule has 1 spiro atoms. The van der Waals surface area contributed by atoms with Crippen LogP contribution in [0.5, 0.6) is 0 Å². The molecule has 2 aliphatic rings. The molecule has 1 saturated heterocycles. The topological polar surface area (TPSA) is 79.4 Å². The van der Waals surface area contributed by atoms with Gasteiger partial charge in [0, 0.05) is 36.2 Å². The fraction of sp³-hybridized carbons (Fsp3) is 0.280. The quantitative estimate of drug-likeness (QED) is 0.467. The van der Waals surface area contributed by atoms with Crippen molar-refractivity contribution < 1.29 is 23.2 Å². The Kier molecular flexibility index (Phi) is 4.96. The Morgan fingerprint density at radius 3 is 2.45 bits per heavy atom. The van der Waals surface area contributed by atoms with Gasteiger partial charge in [-0.25, -0.2) is 13.6 Å². The van der Waals surface area contributed by atoms with Gasteiger partial charge in [0.15, 0.2) is 5.78 Å². The summed E-state index contributed by atoms with van der Waals surface area (Å²) in [5.74, 6) is -3.83. The molecule has 2 aromatic carbocycles. The van der Waals surface area contributed by atoms with Crippen LogP contribution in [0.25, 0.3) is 21.9 Å². The number of amides is 3. The highest BCUT2D eigenvalue weighted by Crippen LogP contribution is 2.41. The molecule has 5 rings (SSSR count). The lowest BCUT2D eigenvalue weighted by atomic mass is 9.80. The molecule has 0 unspecified atom stereocenters. The van der Waals surface area contributed by atoms with Crippen LogP contribution in [0.2, 0.25) is 0 Å². The molecular weight excluding hydrogens is 428 g/mol. The number of fused-ring (bicyclic) bond motifs is 1. The van der Waals surface area contributed by atoms with Crippen LogP contribution in [-0.4, -0.2) is 45.6 Å². The van der Waals surface area contributed by atoms with Gasteiger partial charge >= 0.3 is 6.03 Å². The third-order valence-electron chi connectivity index (χ3n) is 6.58. The minimum atomic E-state index is -2.83. The first-order valence-corrected chi connectivity index (χ1v) is 10.8. The second-order valence-electron chi connectivity index (χ2n) is 8.66. The number of ketones is 1. The number of carbonyl (C=O) groups is 3. The summed E-state index contributed by atoms with van der Waals surface area (Å²) in [5.41, 5.74) is 0.948. The number of rotatable bonds is 4. The molecule has 2 heterocycles. The molecule has 168 valence electrons. The van der Waals surface area contributed by atoms with Crippen LogP contribution in [-0.2, 0) is 4.79 Å². The van der Waals surface area contributed by atoms with E-state index in [-0.39, 0.29) is 12.8 Å². The zero-order valence-electron chi connectivity index (χ0n) is 17.7. The van der Waals surface area contributed by atoms with E-state index in [1.165, 1.54) is 0 Å². The van der Waals surface area contributed by atoms with E-state index in [0.29, 0.717) is 5.56 Å². The number of carbonyl (C=O) groups excluding carboxylic acids is 3.